The lowest BCUT2D eigenvalue weighted by Gasteiger charge is -2.14. The molecule has 0 spiro atoms. The van der Waals surface area contributed by atoms with E-state index in [0.717, 1.165) is 4.68 Å². The van der Waals surface area contributed by atoms with Crippen molar-refractivity contribution in [1.82, 2.24) is 9.78 Å². The summed E-state index contributed by atoms with van der Waals surface area (Å²) in [5, 5.41) is 4.00. The summed E-state index contributed by atoms with van der Waals surface area (Å²) >= 11 is 0. The molecule has 9 heteroatoms. The molecule has 0 N–H and O–H groups in total. The molecule has 4 nitrogen and oxygen atoms in total. The van der Waals surface area contributed by atoms with Crippen LogP contribution in [0.15, 0.2) is 0 Å². The Morgan fingerprint density at radius 1 is 1.32 bits per heavy atom. The zero-order chi connectivity index (χ0) is 18.4. The van der Waals surface area contributed by atoms with E-state index in [4.69, 9.17) is 4.74 Å². The van der Waals surface area contributed by atoms with Crippen LogP contribution in [0.2, 0.25) is 0 Å². The average Bonchev–Trinajstić information content (AvgIpc) is 3.17. The van der Waals surface area contributed by atoms with Crippen LogP contribution >= 0.6 is 0 Å². The summed E-state index contributed by atoms with van der Waals surface area (Å²) in [6.45, 7) is 1.27. The highest BCUT2D eigenvalue weighted by molar-refractivity contribution is 5.90. The van der Waals surface area contributed by atoms with E-state index < -0.39 is 41.7 Å². The van der Waals surface area contributed by atoms with E-state index in [1.54, 1.807) is 0 Å². The van der Waals surface area contributed by atoms with Crippen LogP contribution in [0.3, 0.4) is 0 Å². The van der Waals surface area contributed by atoms with Crippen molar-refractivity contribution >= 4 is 5.97 Å². The van der Waals surface area contributed by atoms with Crippen molar-refractivity contribution < 1.29 is 31.5 Å². The fourth-order valence-electron chi connectivity index (χ4n) is 3.38. The normalized spacial score (nSPS) is 23.0. The number of esters is 1. The summed E-state index contributed by atoms with van der Waals surface area (Å²) in [5.74, 6) is -4.78. The minimum Gasteiger partial charge on any atom is -0.461 e. The van der Waals surface area contributed by atoms with Crippen LogP contribution in [0.25, 0.3) is 0 Å². The van der Waals surface area contributed by atoms with Gasteiger partial charge >= 0.3 is 12.1 Å². The SMILES string of the molecule is CCOC(=O)c1c(C(F)(F)F)c(C2CC2)nn1C[C@@H]1CCC(F)(F)C1. The zero-order valence-electron chi connectivity index (χ0n) is 13.7. The van der Waals surface area contributed by atoms with Gasteiger partial charge in [0.05, 0.1) is 12.3 Å². The predicted octanol–water partition coefficient (Wildman–Crippen LogP) is 4.39. The van der Waals surface area contributed by atoms with Crippen LogP contribution in [-0.4, -0.2) is 28.3 Å². The predicted molar refractivity (Wildman–Crippen MR) is 77.4 cm³/mol. The number of hydrogen-bond acceptors (Lipinski definition) is 3. The van der Waals surface area contributed by atoms with Gasteiger partial charge in [0.25, 0.3) is 0 Å². The first-order chi connectivity index (χ1) is 11.6. The van der Waals surface area contributed by atoms with Gasteiger partial charge in [-0.1, -0.05) is 0 Å². The molecule has 1 atom stereocenters. The van der Waals surface area contributed by atoms with Crippen molar-refractivity contribution in [3.05, 3.63) is 17.0 Å². The molecule has 2 aliphatic rings. The quantitative estimate of drug-likeness (QED) is 0.573. The lowest BCUT2D eigenvalue weighted by Crippen LogP contribution is -2.21. The summed E-state index contributed by atoms with van der Waals surface area (Å²) in [7, 11) is 0. The smallest absolute Gasteiger partial charge is 0.420 e. The molecule has 0 unspecified atom stereocenters. The van der Waals surface area contributed by atoms with Gasteiger partial charge in [-0.2, -0.15) is 18.3 Å². The van der Waals surface area contributed by atoms with E-state index in [1.807, 2.05) is 0 Å². The van der Waals surface area contributed by atoms with E-state index in [0.29, 0.717) is 12.8 Å². The number of aromatic nitrogens is 2. The highest BCUT2D eigenvalue weighted by Crippen LogP contribution is 2.47. The third kappa shape index (κ3) is 3.79. The van der Waals surface area contributed by atoms with Crippen molar-refractivity contribution in [2.75, 3.05) is 6.61 Å². The summed E-state index contributed by atoms with van der Waals surface area (Å²) in [6.07, 6.45) is -4.12. The number of carbonyl (C=O) groups is 1. The fourth-order valence-corrected chi connectivity index (χ4v) is 3.38. The Morgan fingerprint density at radius 3 is 2.48 bits per heavy atom. The van der Waals surface area contributed by atoms with Crippen molar-refractivity contribution in [1.29, 1.82) is 0 Å². The van der Waals surface area contributed by atoms with Gasteiger partial charge in [-0.3, -0.25) is 4.68 Å². The molecule has 1 heterocycles. The Hall–Kier alpha value is -1.67. The monoisotopic (exact) mass is 366 g/mol. The molecule has 2 aliphatic carbocycles. The summed E-state index contributed by atoms with van der Waals surface area (Å²) in [6, 6.07) is 0. The van der Waals surface area contributed by atoms with E-state index in [2.05, 4.69) is 5.10 Å². The number of rotatable bonds is 5. The largest absolute Gasteiger partial charge is 0.461 e. The summed E-state index contributed by atoms with van der Waals surface area (Å²) in [4.78, 5) is 12.2. The highest BCUT2D eigenvalue weighted by atomic mass is 19.4. The molecule has 2 fully saturated rings. The highest BCUT2D eigenvalue weighted by Gasteiger charge is 2.47. The van der Waals surface area contributed by atoms with Crippen molar-refractivity contribution in [2.24, 2.45) is 5.92 Å². The maximum atomic E-state index is 13.6. The molecule has 0 radical (unpaired) electrons. The number of carbonyl (C=O) groups excluding carboxylic acids is 1. The molecule has 140 valence electrons. The lowest BCUT2D eigenvalue weighted by atomic mass is 10.1. The number of hydrogen-bond donors (Lipinski definition) is 0. The van der Waals surface area contributed by atoms with Crippen LogP contribution < -0.4 is 0 Å². The Labute approximate surface area is 141 Å². The molecule has 0 bridgehead atoms. The molecule has 0 amide bonds. The lowest BCUT2D eigenvalue weighted by molar-refractivity contribution is -0.138. The number of ether oxygens (including phenoxy) is 1. The molecular formula is C16H19F5N2O2. The molecule has 1 aromatic heterocycles. The van der Waals surface area contributed by atoms with Crippen LogP contribution in [0.4, 0.5) is 22.0 Å². The summed E-state index contributed by atoms with van der Waals surface area (Å²) in [5.41, 5.74) is -1.90. The molecule has 25 heavy (non-hydrogen) atoms. The van der Waals surface area contributed by atoms with Gasteiger partial charge in [0.1, 0.15) is 5.56 Å². The Morgan fingerprint density at radius 2 is 2.00 bits per heavy atom. The average molecular weight is 366 g/mol. The number of halogens is 5. The molecule has 3 rings (SSSR count). The minimum atomic E-state index is -4.75. The molecule has 0 saturated heterocycles. The minimum absolute atomic E-state index is 0.0818. The van der Waals surface area contributed by atoms with Gasteiger partial charge in [0, 0.05) is 25.3 Å². The van der Waals surface area contributed by atoms with Crippen molar-refractivity contribution in [2.45, 2.75) is 63.6 Å². The van der Waals surface area contributed by atoms with E-state index in [9.17, 15) is 26.7 Å². The van der Waals surface area contributed by atoms with Gasteiger partial charge in [0.15, 0.2) is 5.69 Å². The molecule has 0 aromatic carbocycles. The van der Waals surface area contributed by atoms with Gasteiger partial charge < -0.3 is 4.74 Å². The van der Waals surface area contributed by atoms with Crippen LogP contribution in [0.5, 0.6) is 0 Å². The van der Waals surface area contributed by atoms with Gasteiger partial charge in [0.2, 0.25) is 5.92 Å². The molecule has 2 saturated carbocycles. The number of nitrogens with zero attached hydrogens (tertiary/aromatic N) is 2. The van der Waals surface area contributed by atoms with Crippen LogP contribution in [0, 0.1) is 5.92 Å². The van der Waals surface area contributed by atoms with E-state index in [-0.39, 0.29) is 37.6 Å². The first-order valence-corrected chi connectivity index (χ1v) is 8.35. The third-order valence-corrected chi connectivity index (χ3v) is 4.63. The molecule has 0 aliphatic heterocycles. The Bertz CT molecular complexity index is 664. The van der Waals surface area contributed by atoms with Gasteiger partial charge in [-0.25, -0.2) is 13.6 Å². The number of alkyl halides is 5. The van der Waals surface area contributed by atoms with Crippen molar-refractivity contribution in [3.8, 4) is 0 Å². The zero-order valence-corrected chi connectivity index (χ0v) is 13.7. The standard InChI is InChI=1S/C16H19F5N2O2/c1-2-25-14(24)13-11(16(19,20)21)12(10-3-4-10)22-23(13)8-9-5-6-15(17,18)7-9/h9-10H,2-8H2,1H3/t9-/m1/s1. The van der Waals surface area contributed by atoms with E-state index >= 15 is 0 Å². The first kappa shape index (κ1) is 18.1. The summed E-state index contributed by atoms with van der Waals surface area (Å²) < 4.78 is 73.2. The second-order valence-electron chi connectivity index (χ2n) is 6.75. The fraction of sp³-hybridized carbons (Fsp3) is 0.750. The second kappa shape index (κ2) is 6.25. The van der Waals surface area contributed by atoms with Gasteiger partial charge in [-0.05, 0) is 32.1 Å². The van der Waals surface area contributed by atoms with E-state index in [1.165, 1.54) is 6.92 Å². The molecular weight excluding hydrogens is 347 g/mol. The second-order valence-corrected chi connectivity index (χ2v) is 6.75. The first-order valence-electron chi connectivity index (χ1n) is 8.35. The van der Waals surface area contributed by atoms with Crippen LogP contribution in [-0.2, 0) is 17.5 Å². The van der Waals surface area contributed by atoms with Crippen LogP contribution in [0.1, 0.15) is 66.7 Å². The third-order valence-electron chi connectivity index (χ3n) is 4.63. The topological polar surface area (TPSA) is 44.1 Å². The maximum Gasteiger partial charge on any atom is 0.420 e. The Balaban J connectivity index is 2.00. The molecule has 1 aromatic rings. The van der Waals surface area contributed by atoms with Crippen molar-refractivity contribution in [3.63, 3.8) is 0 Å². The Kier molecular flexibility index (Phi) is 4.53. The van der Waals surface area contributed by atoms with Gasteiger partial charge in [-0.15, -0.1) is 0 Å². The maximum absolute atomic E-state index is 13.6.